The van der Waals surface area contributed by atoms with Crippen molar-refractivity contribution in [1.82, 2.24) is 5.32 Å². The zero-order chi connectivity index (χ0) is 16.0. The molecule has 5 heteroatoms. The molecule has 2 N–H and O–H groups in total. The Labute approximate surface area is 124 Å². The van der Waals surface area contributed by atoms with Crippen molar-refractivity contribution in [2.24, 2.45) is 0 Å². The number of halogens is 1. The van der Waals surface area contributed by atoms with E-state index in [2.05, 4.69) is 5.32 Å². The van der Waals surface area contributed by atoms with E-state index in [1.165, 1.54) is 6.07 Å². The molecule has 0 radical (unpaired) electrons. The maximum atomic E-state index is 13.6. The first-order valence-electron chi connectivity index (χ1n) is 6.98. The Hall–Kier alpha value is -1.91. The molecule has 1 aromatic carbocycles. The van der Waals surface area contributed by atoms with E-state index < -0.39 is 11.5 Å². The fraction of sp³-hybridized carbons (Fsp3) is 0.500. The highest BCUT2D eigenvalue weighted by molar-refractivity contribution is 5.77. The van der Waals surface area contributed by atoms with E-state index in [0.29, 0.717) is 12.0 Å². The van der Waals surface area contributed by atoms with Crippen molar-refractivity contribution in [1.29, 1.82) is 0 Å². The molecule has 0 heterocycles. The minimum Gasteiger partial charge on any atom is -0.481 e. The first-order valence-corrected chi connectivity index (χ1v) is 6.98. The van der Waals surface area contributed by atoms with E-state index in [1.54, 1.807) is 39.0 Å². The first-order chi connectivity index (χ1) is 9.71. The van der Waals surface area contributed by atoms with Crippen LogP contribution in [0.5, 0.6) is 0 Å². The molecule has 0 saturated heterocycles. The van der Waals surface area contributed by atoms with Crippen LogP contribution in [0.2, 0.25) is 0 Å². The maximum absolute atomic E-state index is 13.6. The van der Waals surface area contributed by atoms with Crippen LogP contribution in [0.1, 0.15) is 51.5 Å². The van der Waals surface area contributed by atoms with Gasteiger partial charge in [-0.3, -0.25) is 9.59 Å². The van der Waals surface area contributed by atoms with Crippen molar-refractivity contribution in [3.8, 4) is 0 Å². The molecule has 1 rings (SSSR count). The highest BCUT2D eigenvalue weighted by Gasteiger charge is 2.23. The monoisotopic (exact) mass is 295 g/mol. The van der Waals surface area contributed by atoms with Crippen LogP contribution >= 0.6 is 0 Å². The summed E-state index contributed by atoms with van der Waals surface area (Å²) in [6.45, 7) is 5.35. The Morgan fingerprint density at radius 3 is 2.52 bits per heavy atom. The highest BCUT2D eigenvalue weighted by atomic mass is 19.1. The molecule has 0 aromatic heterocycles. The van der Waals surface area contributed by atoms with Crippen molar-refractivity contribution in [2.75, 3.05) is 0 Å². The fourth-order valence-electron chi connectivity index (χ4n) is 2.17. The summed E-state index contributed by atoms with van der Waals surface area (Å²) in [5.41, 5.74) is -0.0827. The topological polar surface area (TPSA) is 66.4 Å². The van der Waals surface area contributed by atoms with Gasteiger partial charge < -0.3 is 10.4 Å². The summed E-state index contributed by atoms with van der Waals surface area (Å²) in [5, 5.41) is 11.5. The SMILES string of the molecule is CC(CC(=O)NC(C)(C)CCC(=O)O)c1ccccc1F. The van der Waals surface area contributed by atoms with Gasteiger partial charge >= 0.3 is 5.97 Å². The lowest BCUT2D eigenvalue weighted by atomic mass is 9.94. The molecule has 0 spiro atoms. The predicted molar refractivity (Wildman–Crippen MR) is 78.5 cm³/mol. The van der Waals surface area contributed by atoms with Gasteiger partial charge in [-0.25, -0.2) is 4.39 Å². The van der Waals surface area contributed by atoms with Crippen LogP contribution in [-0.4, -0.2) is 22.5 Å². The third kappa shape index (κ3) is 5.94. The quantitative estimate of drug-likeness (QED) is 0.812. The van der Waals surface area contributed by atoms with Gasteiger partial charge in [0.15, 0.2) is 0 Å². The predicted octanol–water partition coefficient (Wildman–Crippen LogP) is 3.08. The molecular formula is C16H22FNO3. The van der Waals surface area contributed by atoms with Gasteiger partial charge in [0.2, 0.25) is 5.91 Å². The van der Waals surface area contributed by atoms with Gasteiger partial charge in [0.1, 0.15) is 5.82 Å². The average molecular weight is 295 g/mol. The number of hydrogen-bond acceptors (Lipinski definition) is 2. The highest BCUT2D eigenvalue weighted by Crippen LogP contribution is 2.22. The number of carboxylic acids is 1. The second kappa shape index (κ2) is 7.20. The molecule has 116 valence electrons. The molecule has 0 aliphatic heterocycles. The smallest absolute Gasteiger partial charge is 0.303 e. The number of carbonyl (C=O) groups is 2. The molecule has 1 amide bonds. The molecule has 0 bridgehead atoms. The molecule has 0 saturated carbocycles. The molecular weight excluding hydrogens is 273 g/mol. The average Bonchev–Trinajstić information content (AvgIpc) is 2.36. The van der Waals surface area contributed by atoms with Crippen LogP contribution in [-0.2, 0) is 9.59 Å². The Kier molecular flexibility index (Phi) is 5.88. The third-order valence-electron chi connectivity index (χ3n) is 3.37. The van der Waals surface area contributed by atoms with Gasteiger partial charge in [-0.05, 0) is 37.8 Å². The summed E-state index contributed by atoms with van der Waals surface area (Å²) in [4.78, 5) is 22.6. The number of benzene rings is 1. The number of hydrogen-bond donors (Lipinski definition) is 2. The standard InChI is InChI=1S/C16H22FNO3/c1-11(12-6-4-5-7-13(12)17)10-14(19)18-16(2,3)9-8-15(20)21/h4-7,11H,8-10H2,1-3H3,(H,18,19)(H,20,21). The molecule has 0 aliphatic rings. The number of carboxylic acid groups (broad SMARTS) is 1. The Bertz CT molecular complexity index is 514. The molecule has 1 unspecified atom stereocenters. The minimum absolute atomic E-state index is 0.00382. The maximum Gasteiger partial charge on any atom is 0.303 e. The molecule has 21 heavy (non-hydrogen) atoms. The summed E-state index contributed by atoms with van der Waals surface area (Å²) in [7, 11) is 0. The molecule has 0 fully saturated rings. The van der Waals surface area contributed by atoms with E-state index in [4.69, 9.17) is 5.11 Å². The van der Waals surface area contributed by atoms with E-state index in [0.717, 1.165) is 0 Å². The summed E-state index contributed by atoms with van der Waals surface area (Å²) in [5.74, 6) is -1.65. The number of amides is 1. The Morgan fingerprint density at radius 2 is 1.95 bits per heavy atom. The van der Waals surface area contributed by atoms with Crippen molar-refractivity contribution in [3.63, 3.8) is 0 Å². The van der Waals surface area contributed by atoms with Gasteiger partial charge in [-0.1, -0.05) is 25.1 Å². The van der Waals surface area contributed by atoms with Crippen LogP contribution < -0.4 is 5.32 Å². The summed E-state index contributed by atoms with van der Waals surface area (Å²) in [6.07, 6.45) is 0.510. The third-order valence-corrected chi connectivity index (χ3v) is 3.37. The first kappa shape index (κ1) is 17.1. The summed E-state index contributed by atoms with van der Waals surface area (Å²) in [6, 6.07) is 6.40. The van der Waals surface area contributed by atoms with Crippen LogP contribution in [0.3, 0.4) is 0 Å². The molecule has 1 aromatic rings. The Morgan fingerprint density at radius 1 is 1.33 bits per heavy atom. The minimum atomic E-state index is -0.892. The second-order valence-corrected chi connectivity index (χ2v) is 5.95. The van der Waals surface area contributed by atoms with Crippen molar-refractivity contribution < 1.29 is 19.1 Å². The van der Waals surface area contributed by atoms with E-state index >= 15 is 0 Å². The van der Waals surface area contributed by atoms with Crippen LogP contribution in [0.15, 0.2) is 24.3 Å². The van der Waals surface area contributed by atoms with Crippen molar-refractivity contribution in [2.45, 2.75) is 51.5 Å². The normalized spacial score (nSPS) is 12.8. The zero-order valence-electron chi connectivity index (χ0n) is 12.6. The molecule has 1 atom stereocenters. The lowest BCUT2D eigenvalue weighted by molar-refractivity contribution is -0.137. The zero-order valence-corrected chi connectivity index (χ0v) is 12.6. The molecule has 0 aliphatic carbocycles. The van der Waals surface area contributed by atoms with Crippen LogP contribution in [0.4, 0.5) is 4.39 Å². The number of rotatable bonds is 7. The van der Waals surface area contributed by atoms with Crippen molar-refractivity contribution >= 4 is 11.9 Å². The van der Waals surface area contributed by atoms with Gasteiger partial charge in [-0.15, -0.1) is 0 Å². The summed E-state index contributed by atoms with van der Waals surface area (Å²) < 4.78 is 13.6. The number of carbonyl (C=O) groups excluding carboxylic acids is 1. The van der Waals surface area contributed by atoms with Gasteiger partial charge in [0.05, 0.1) is 0 Å². The largest absolute Gasteiger partial charge is 0.481 e. The number of aliphatic carboxylic acids is 1. The van der Waals surface area contributed by atoms with E-state index in [1.807, 2.05) is 0 Å². The van der Waals surface area contributed by atoms with Crippen molar-refractivity contribution in [3.05, 3.63) is 35.6 Å². The fourth-order valence-corrected chi connectivity index (χ4v) is 2.17. The lowest BCUT2D eigenvalue weighted by Crippen LogP contribution is -2.44. The van der Waals surface area contributed by atoms with Gasteiger partial charge in [0, 0.05) is 18.4 Å². The van der Waals surface area contributed by atoms with E-state index in [9.17, 15) is 14.0 Å². The molecule has 4 nitrogen and oxygen atoms in total. The van der Waals surface area contributed by atoms with E-state index in [-0.39, 0.29) is 30.5 Å². The Balaban J connectivity index is 2.57. The van der Waals surface area contributed by atoms with Gasteiger partial charge in [0.25, 0.3) is 0 Å². The lowest BCUT2D eigenvalue weighted by Gasteiger charge is -2.26. The second-order valence-electron chi connectivity index (χ2n) is 5.95. The van der Waals surface area contributed by atoms with Crippen LogP contribution in [0.25, 0.3) is 0 Å². The summed E-state index contributed by atoms with van der Waals surface area (Å²) >= 11 is 0. The van der Waals surface area contributed by atoms with Crippen LogP contribution in [0, 0.1) is 5.82 Å². The van der Waals surface area contributed by atoms with Gasteiger partial charge in [-0.2, -0.15) is 0 Å². The number of nitrogens with one attached hydrogen (secondary N) is 1.